The van der Waals surface area contributed by atoms with Crippen LogP contribution in [0.2, 0.25) is 0 Å². The predicted molar refractivity (Wildman–Crippen MR) is 75.6 cm³/mol. The van der Waals surface area contributed by atoms with Crippen molar-refractivity contribution in [2.75, 3.05) is 6.54 Å². The summed E-state index contributed by atoms with van der Waals surface area (Å²) in [7, 11) is 0. The number of hydrogen-bond donors (Lipinski definition) is 2. The molecule has 2 nitrogen and oxygen atoms in total. The molecule has 1 aromatic rings. The molecule has 0 radical (unpaired) electrons. The third-order valence-corrected chi connectivity index (χ3v) is 3.92. The summed E-state index contributed by atoms with van der Waals surface area (Å²) in [5.41, 5.74) is 2.25. The zero-order valence-corrected chi connectivity index (χ0v) is 11.4. The van der Waals surface area contributed by atoms with Crippen LogP contribution in [0.1, 0.15) is 55.8 Å². The second-order valence-corrected chi connectivity index (χ2v) is 5.52. The molecule has 0 spiro atoms. The molecule has 0 bridgehead atoms. The maximum absolute atomic E-state index is 10.1. The Morgan fingerprint density at radius 2 is 1.72 bits per heavy atom. The fourth-order valence-corrected chi connectivity index (χ4v) is 2.67. The van der Waals surface area contributed by atoms with Gasteiger partial charge in [0, 0.05) is 12.6 Å². The summed E-state index contributed by atoms with van der Waals surface area (Å²) in [5.74, 6) is 0. The first-order chi connectivity index (χ1) is 8.75. The Hall–Kier alpha value is -0.860. The van der Waals surface area contributed by atoms with Crippen LogP contribution in [0.4, 0.5) is 0 Å². The van der Waals surface area contributed by atoms with Gasteiger partial charge in [-0.2, -0.15) is 0 Å². The number of rotatable bonds is 4. The highest BCUT2D eigenvalue weighted by Gasteiger charge is 2.14. The van der Waals surface area contributed by atoms with E-state index in [1.165, 1.54) is 44.1 Å². The van der Waals surface area contributed by atoms with Crippen molar-refractivity contribution in [1.29, 1.82) is 0 Å². The van der Waals surface area contributed by atoms with Gasteiger partial charge in [-0.3, -0.25) is 0 Å². The molecule has 1 fully saturated rings. The van der Waals surface area contributed by atoms with E-state index >= 15 is 0 Å². The normalized spacial score (nSPS) is 19.4. The third-order valence-electron chi connectivity index (χ3n) is 3.92. The number of nitrogens with one attached hydrogen (secondary N) is 1. The molecule has 2 heteroatoms. The Labute approximate surface area is 110 Å². The van der Waals surface area contributed by atoms with E-state index in [1.54, 1.807) is 0 Å². The van der Waals surface area contributed by atoms with E-state index in [1.807, 2.05) is 12.1 Å². The third kappa shape index (κ3) is 4.11. The van der Waals surface area contributed by atoms with Crippen molar-refractivity contribution < 1.29 is 5.11 Å². The molecule has 1 aliphatic rings. The summed E-state index contributed by atoms with van der Waals surface area (Å²) >= 11 is 0. The lowest BCUT2D eigenvalue weighted by Crippen LogP contribution is -2.32. The molecular formula is C16H25NO. The Bertz CT molecular complexity index is 339. The van der Waals surface area contributed by atoms with E-state index < -0.39 is 0 Å². The number of aryl methyl sites for hydroxylation is 1. The first-order valence-electron chi connectivity index (χ1n) is 7.24. The van der Waals surface area contributed by atoms with Gasteiger partial charge in [0.05, 0.1) is 6.10 Å². The van der Waals surface area contributed by atoms with Gasteiger partial charge in [0.15, 0.2) is 0 Å². The fraction of sp³-hybridized carbons (Fsp3) is 0.625. The van der Waals surface area contributed by atoms with Gasteiger partial charge in [0.2, 0.25) is 0 Å². The molecule has 0 saturated heterocycles. The van der Waals surface area contributed by atoms with Crippen LogP contribution < -0.4 is 5.32 Å². The average Bonchev–Trinajstić information content (AvgIpc) is 2.65. The summed E-state index contributed by atoms with van der Waals surface area (Å²) < 4.78 is 0. The molecule has 0 aliphatic heterocycles. The van der Waals surface area contributed by atoms with Crippen molar-refractivity contribution in [2.45, 2.75) is 57.6 Å². The fourth-order valence-electron chi connectivity index (χ4n) is 2.67. The molecule has 1 saturated carbocycles. The quantitative estimate of drug-likeness (QED) is 0.800. The van der Waals surface area contributed by atoms with Crippen LogP contribution in [0.5, 0.6) is 0 Å². The van der Waals surface area contributed by atoms with Crippen LogP contribution in [0.25, 0.3) is 0 Å². The minimum absolute atomic E-state index is 0.381. The topological polar surface area (TPSA) is 32.3 Å². The highest BCUT2D eigenvalue weighted by atomic mass is 16.3. The lowest BCUT2D eigenvalue weighted by atomic mass is 10.1. The summed E-state index contributed by atoms with van der Waals surface area (Å²) in [6.07, 6.45) is 7.56. The summed E-state index contributed by atoms with van der Waals surface area (Å²) in [4.78, 5) is 0. The number of aliphatic hydroxyl groups is 1. The number of hydrogen-bond acceptors (Lipinski definition) is 2. The monoisotopic (exact) mass is 247 g/mol. The van der Waals surface area contributed by atoms with Gasteiger partial charge < -0.3 is 10.4 Å². The molecule has 2 rings (SSSR count). The number of benzene rings is 1. The Morgan fingerprint density at radius 3 is 2.33 bits per heavy atom. The summed E-state index contributed by atoms with van der Waals surface area (Å²) in [6, 6.07) is 8.77. The maximum atomic E-state index is 10.1. The van der Waals surface area contributed by atoms with Crippen molar-refractivity contribution >= 4 is 0 Å². The van der Waals surface area contributed by atoms with Crippen molar-refractivity contribution in [3.8, 4) is 0 Å². The first-order valence-corrected chi connectivity index (χ1v) is 7.24. The van der Waals surface area contributed by atoms with Crippen molar-refractivity contribution in [3.63, 3.8) is 0 Å². The van der Waals surface area contributed by atoms with E-state index in [4.69, 9.17) is 0 Å². The second-order valence-electron chi connectivity index (χ2n) is 5.52. The van der Waals surface area contributed by atoms with Crippen molar-refractivity contribution in [3.05, 3.63) is 35.4 Å². The van der Waals surface area contributed by atoms with E-state index in [9.17, 15) is 5.11 Å². The SMILES string of the molecule is Cc1ccc([C@@H](O)CNC2CCCCCC2)cc1. The molecule has 0 heterocycles. The zero-order valence-electron chi connectivity index (χ0n) is 11.4. The van der Waals surface area contributed by atoms with Crippen molar-refractivity contribution in [2.24, 2.45) is 0 Å². The molecular weight excluding hydrogens is 222 g/mol. The van der Waals surface area contributed by atoms with E-state index in [0.717, 1.165) is 5.56 Å². The van der Waals surface area contributed by atoms with Crippen molar-refractivity contribution in [1.82, 2.24) is 5.32 Å². The highest BCUT2D eigenvalue weighted by Crippen LogP contribution is 2.18. The van der Waals surface area contributed by atoms with Crippen LogP contribution >= 0.6 is 0 Å². The standard InChI is InChI=1S/C16H25NO/c1-13-8-10-14(11-9-13)16(18)12-17-15-6-4-2-3-5-7-15/h8-11,15-18H,2-7,12H2,1H3/t16-/m0/s1. The molecule has 1 aromatic carbocycles. The Balaban J connectivity index is 1.80. The van der Waals surface area contributed by atoms with Crippen LogP contribution in [-0.2, 0) is 0 Å². The lowest BCUT2D eigenvalue weighted by Gasteiger charge is -2.19. The Morgan fingerprint density at radius 1 is 1.11 bits per heavy atom. The molecule has 1 aliphatic carbocycles. The van der Waals surface area contributed by atoms with Crippen LogP contribution in [0.3, 0.4) is 0 Å². The molecule has 100 valence electrons. The predicted octanol–water partition coefficient (Wildman–Crippen LogP) is 3.34. The summed E-state index contributed by atoms with van der Waals surface area (Å²) in [5, 5.41) is 13.7. The largest absolute Gasteiger partial charge is 0.387 e. The second kappa shape index (κ2) is 6.91. The molecule has 2 N–H and O–H groups in total. The first kappa shape index (κ1) is 13.6. The molecule has 0 amide bonds. The smallest absolute Gasteiger partial charge is 0.0914 e. The number of aliphatic hydroxyl groups excluding tert-OH is 1. The van der Waals surface area contributed by atoms with Gasteiger partial charge in [0.25, 0.3) is 0 Å². The van der Waals surface area contributed by atoms with Gasteiger partial charge in [-0.05, 0) is 25.3 Å². The minimum Gasteiger partial charge on any atom is -0.387 e. The van der Waals surface area contributed by atoms with Gasteiger partial charge in [-0.1, -0.05) is 55.5 Å². The lowest BCUT2D eigenvalue weighted by molar-refractivity contribution is 0.168. The van der Waals surface area contributed by atoms with Crippen LogP contribution in [-0.4, -0.2) is 17.7 Å². The maximum Gasteiger partial charge on any atom is 0.0914 e. The van der Waals surface area contributed by atoms with Gasteiger partial charge in [-0.15, -0.1) is 0 Å². The van der Waals surface area contributed by atoms with Crippen LogP contribution in [0.15, 0.2) is 24.3 Å². The van der Waals surface area contributed by atoms with Gasteiger partial charge in [-0.25, -0.2) is 0 Å². The summed E-state index contributed by atoms with van der Waals surface area (Å²) in [6.45, 7) is 2.74. The van der Waals surface area contributed by atoms with E-state index in [-0.39, 0.29) is 6.10 Å². The molecule has 18 heavy (non-hydrogen) atoms. The highest BCUT2D eigenvalue weighted by molar-refractivity contribution is 5.23. The van der Waals surface area contributed by atoms with E-state index in [2.05, 4.69) is 24.4 Å². The zero-order chi connectivity index (χ0) is 12.8. The minimum atomic E-state index is -0.381. The van der Waals surface area contributed by atoms with E-state index in [0.29, 0.717) is 12.6 Å². The average molecular weight is 247 g/mol. The van der Waals surface area contributed by atoms with Crippen LogP contribution in [0, 0.1) is 6.92 Å². The molecule has 1 atom stereocenters. The van der Waals surface area contributed by atoms with Gasteiger partial charge >= 0.3 is 0 Å². The molecule has 0 unspecified atom stereocenters. The van der Waals surface area contributed by atoms with Gasteiger partial charge in [0.1, 0.15) is 0 Å². The Kier molecular flexibility index (Phi) is 5.21. The molecule has 0 aromatic heterocycles.